The summed E-state index contributed by atoms with van der Waals surface area (Å²) in [5.74, 6) is 0.170. The molecule has 200 valence electrons. The summed E-state index contributed by atoms with van der Waals surface area (Å²) in [5.41, 5.74) is 2.81. The number of aryl methyl sites for hydroxylation is 2. The summed E-state index contributed by atoms with van der Waals surface area (Å²) >= 11 is 3.05. The molecule has 0 unspecified atom stereocenters. The van der Waals surface area contributed by atoms with Gasteiger partial charge in [-0.15, -0.1) is 23.1 Å². The maximum Gasteiger partial charge on any atom is 0.325 e. The van der Waals surface area contributed by atoms with E-state index < -0.39 is 12.0 Å². The Bertz CT molecular complexity index is 1480. The summed E-state index contributed by atoms with van der Waals surface area (Å²) in [6.45, 7) is 1.88. The van der Waals surface area contributed by atoms with Crippen molar-refractivity contribution >= 4 is 51.7 Å². The fraction of sp³-hybridized carbons (Fsp3) is 0.172. The highest BCUT2D eigenvalue weighted by Gasteiger charge is 2.19. The number of amides is 2. The summed E-state index contributed by atoms with van der Waals surface area (Å²) in [6, 6.07) is 19.2. The first-order chi connectivity index (χ1) is 18.8. The van der Waals surface area contributed by atoms with Crippen LogP contribution >= 0.6 is 23.1 Å². The number of hydrogen-bond acceptors (Lipinski definition) is 7. The number of nitrogens with one attached hydrogen (secondary N) is 2. The number of benzene rings is 3. The van der Waals surface area contributed by atoms with E-state index >= 15 is 0 Å². The Balaban J connectivity index is 1.34. The third-order valence-electron chi connectivity index (χ3n) is 5.69. The quantitative estimate of drug-likeness (QED) is 0.145. The molecular weight excluding hydrogens is 534 g/mol. The van der Waals surface area contributed by atoms with E-state index in [0.717, 1.165) is 33.1 Å². The van der Waals surface area contributed by atoms with Gasteiger partial charge in [0.1, 0.15) is 5.75 Å². The van der Waals surface area contributed by atoms with Crippen LogP contribution in [-0.2, 0) is 17.6 Å². The molecule has 3 aromatic carbocycles. The first-order valence-electron chi connectivity index (χ1n) is 12.1. The predicted molar refractivity (Wildman–Crippen MR) is 155 cm³/mol. The van der Waals surface area contributed by atoms with Crippen molar-refractivity contribution < 1.29 is 24.2 Å². The van der Waals surface area contributed by atoms with Crippen molar-refractivity contribution in [2.24, 2.45) is 0 Å². The number of urea groups is 1. The normalized spacial score (nSPS) is 10.6. The predicted octanol–water partition coefficient (Wildman–Crippen LogP) is 6.30. The van der Waals surface area contributed by atoms with Gasteiger partial charge in [-0.3, -0.25) is 14.9 Å². The Morgan fingerprint density at radius 3 is 2.51 bits per heavy atom. The number of ether oxygens (including phenoxy) is 1. The van der Waals surface area contributed by atoms with Gasteiger partial charge in [-0.25, -0.2) is 9.78 Å². The van der Waals surface area contributed by atoms with Gasteiger partial charge in [0.25, 0.3) is 0 Å². The van der Waals surface area contributed by atoms with Crippen LogP contribution in [0.3, 0.4) is 0 Å². The number of rotatable bonds is 11. The van der Waals surface area contributed by atoms with E-state index in [0.29, 0.717) is 27.7 Å². The summed E-state index contributed by atoms with van der Waals surface area (Å²) in [5, 5.41) is 14.9. The number of anilines is 2. The van der Waals surface area contributed by atoms with Gasteiger partial charge in [-0.05, 0) is 55.3 Å². The maximum atomic E-state index is 13.3. The van der Waals surface area contributed by atoms with E-state index in [1.807, 2.05) is 37.3 Å². The molecule has 3 N–H and O–H groups in total. The van der Waals surface area contributed by atoms with Crippen molar-refractivity contribution in [3.8, 4) is 5.75 Å². The number of hydrogen-bond donors (Lipinski definition) is 3. The van der Waals surface area contributed by atoms with E-state index in [9.17, 15) is 14.4 Å². The molecule has 39 heavy (non-hydrogen) atoms. The summed E-state index contributed by atoms with van der Waals surface area (Å²) in [7, 11) is 1.51. The molecule has 0 bridgehead atoms. The van der Waals surface area contributed by atoms with E-state index in [1.54, 1.807) is 54.4 Å². The second-order valence-electron chi connectivity index (χ2n) is 8.60. The lowest BCUT2D eigenvalue weighted by atomic mass is 9.99. The number of methoxy groups -OCH3 is 1. The molecule has 0 aliphatic carbocycles. The highest BCUT2D eigenvalue weighted by atomic mass is 32.2. The van der Waals surface area contributed by atoms with Crippen molar-refractivity contribution in [1.82, 2.24) is 4.98 Å². The van der Waals surface area contributed by atoms with E-state index in [1.165, 1.54) is 18.4 Å². The average Bonchev–Trinajstić information content (AvgIpc) is 3.36. The largest absolute Gasteiger partial charge is 0.496 e. The fourth-order valence-electron chi connectivity index (χ4n) is 3.81. The van der Waals surface area contributed by atoms with E-state index in [4.69, 9.17) is 9.84 Å². The first-order valence-corrected chi connectivity index (χ1v) is 13.9. The number of aliphatic carboxylic acids is 1. The van der Waals surface area contributed by atoms with E-state index in [-0.39, 0.29) is 12.2 Å². The number of para-hydroxylation sites is 1. The standard InChI is InChI=1S/C29H27N3O5S2/c1-18-7-12-24(23(15-18)27(35)22-5-3-4-6-25(22)37-2)31-28(36)32-29-30-17-21(39-29)13-14-38-20-10-8-19(9-11-20)16-26(33)34/h3-12,15,17H,13-14,16H2,1-2H3,(H,33,34)(H2,30,31,32,36). The lowest BCUT2D eigenvalue weighted by Crippen LogP contribution is -2.21. The zero-order chi connectivity index (χ0) is 27.8. The molecule has 1 heterocycles. The van der Waals surface area contributed by atoms with Crippen LogP contribution in [0.5, 0.6) is 5.75 Å². The minimum atomic E-state index is -0.848. The molecular formula is C29H27N3O5S2. The van der Waals surface area contributed by atoms with Crippen LogP contribution in [0.4, 0.5) is 15.6 Å². The third kappa shape index (κ3) is 7.68. The minimum absolute atomic E-state index is 0.0124. The Morgan fingerprint density at radius 1 is 1.00 bits per heavy atom. The molecule has 10 heteroatoms. The number of nitrogens with zero attached hydrogens (tertiary/aromatic N) is 1. The van der Waals surface area contributed by atoms with Crippen molar-refractivity contribution in [1.29, 1.82) is 0 Å². The molecule has 0 fully saturated rings. The highest BCUT2D eigenvalue weighted by molar-refractivity contribution is 7.99. The highest BCUT2D eigenvalue weighted by Crippen LogP contribution is 2.27. The Labute approximate surface area is 234 Å². The van der Waals surface area contributed by atoms with Crippen molar-refractivity contribution in [2.45, 2.75) is 24.7 Å². The van der Waals surface area contributed by atoms with Gasteiger partial charge in [0.05, 0.1) is 24.8 Å². The molecule has 0 aliphatic rings. The number of thioether (sulfide) groups is 1. The molecule has 1 aromatic heterocycles. The van der Waals surface area contributed by atoms with Gasteiger partial charge >= 0.3 is 12.0 Å². The van der Waals surface area contributed by atoms with Crippen LogP contribution < -0.4 is 15.4 Å². The zero-order valence-corrected chi connectivity index (χ0v) is 23.0. The smallest absolute Gasteiger partial charge is 0.325 e. The third-order valence-corrected chi connectivity index (χ3v) is 7.68. The Hall–Kier alpha value is -4.15. The van der Waals surface area contributed by atoms with E-state index in [2.05, 4.69) is 15.6 Å². The SMILES string of the molecule is COc1ccccc1C(=O)c1cc(C)ccc1NC(=O)Nc1ncc(CCSc2ccc(CC(=O)O)cc2)s1. The molecule has 4 aromatic rings. The topological polar surface area (TPSA) is 118 Å². The Morgan fingerprint density at radius 2 is 1.77 bits per heavy atom. The van der Waals surface area contributed by atoms with Gasteiger partial charge in [-0.1, -0.05) is 35.9 Å². The van der Waals surface area contributed by atoms with Crippen LogP contribution in [0.2, 0.25) is 0 Å². The number of aromatic nitrogens is 1. The van der Waals surface area contributed by atoms with Crippen molar-refractivity contribution in [2.75, 3.05) is 23.5 Å². The molecule has 0 aliphatic heterocycles. The van der Waals surface area contributed by atoms with Crippen LogP contribution in [-0.4, -0.2) is 40.7 Å². The number of thiazole rings is 1. The Kier molecular flexibility index (Phi) is 9.35. The van der Waals surface area contributed by atoms with Gasteiger partial charge in [0.15, 0.2) is 10.9 Å². The number of ketones is 1. The van der Waals surface area contributed by atoms with Crippen LogP contribution in [0.1, 0.15) is 31.9 Å². The number of carbonyl (C=O) groups excluding carboxylic acids is 2. The molecule has 0 saturated heterocycles. The maximum absolute atomic E-state index is 13.3. The van der Waals surface area contributed by atoms with Gasteiger partial charge in [-0.2, -0.15) is 0 Å². The van der Waals surface area contributed by atoms with Crippen molar-refractivity contribution in [3.63, 3.8) is 0 Å². The van der Waals surface area contributed by atoms with Crippen LogP contribution in [0, 0.1) is 6.92 Å². The van der Waals surface area contributed by atoms with Crippen molar-refractivity contribution in [3.05, 3.63) is 100 Å². The first kappa shape index (κ1) is 27.9. The molecule has 0 saturated carbocycles. The second-order valence-corrected chi connectivity index (χ2v) is 10.9. The number of carboxylic acid groups (broad SMARTS) is 1. The van der Waals surface area contributed by atoms with Crippen LogP contribution in [0.15, 0.2) is 77.8 Å². The molecule has 0 spiro atoms. The zero-order valence-electron chi connectivity index (χ0n) is 21.4. The van der Waals surface area contributed by atoms with Gasteiger partial charge in [0, 0.05) is 27.3 Å². The summed E-state index contributed by atoms with van der Waals surface area (Å²) in [6.07, 6.45) is 2.51. The lowest BCUT2D eigenvalue weighted by molar-refractivity contribution is -0.136. The number of carboxylic acids is 1. The summed E-state index contributed by atoms with van der Waals surface area (Å²) < 4.78 is 5.34. The summed E-state index contributed by atoms with van der Waals surface area (Å²) in [4.78, 5) is 43.3. The molecule has 0 radical (unpaired) electrons. The lowest BCUT2D eigenvalue weighted by Gasteiger charge is -2.13. The van der Waals surface area contributed by atoms with Gasteiger partial charge in [0.2, 0.25) is 0 Å². The monoisotopic (exact) mass is 561 g/mol. The van der Waals surface area contributed by atoms with Gasteiger partial charge < -0.3 is 15.2 Å². The molecule has 0 atom stereocenters. The minimum Gasteiger partial charge on any atom is -0.496 e. The van der Waals surface area contributed by atoms with Crippen LogP contribution in [0.25, 0.3) is 0 Å². The molecule has 2 amide bonds. The fourth-order valence-corrected chi connectivity index (χ4v) is 5.63. The second kappa shape index (κ2) is 13.1. The number of carbonyl (C=O) groups is 3. The average molecular weight is 562 g/mol. The molecule has 4 rings (SSSR count). The molecule has 8 nitrogen and oxygen atoms in total.